The molecule has 16 heteroatoms. The molecule has 266 valence electrons. The molecule has 0 saturated heterocycles. The number of para-hydroxylation sites is 1. The molecule has 0 bridgehead atoms. The Morgan fingerprint density at radius 1 is 0.771 bits per heavy atom. The maximum absolute atomic E-state index is 12.2. The summed E-state index contributed by atoms with van der Waals surface area (Å²) in [7, 11) is -7.63. The van der Waals surface area contributed by atoms with Gasteiger partial charge in [0.1, 0.15) is 10.9 Å². The Balaban J connectivity index is 0.000000401. The molecule has 0 radical (unpaired) electrons. The average Bonchev–Trinajstić information content (AvgIpc) is 3.02. The third-order valence-corrected chi connectivity index (χ3v) is 9.70. The highest BCUT2D eigenvalue weighted by Gasteiger charge is 2.83. The summed E-state index contributed by atoms with van der Waals surface area (Å²) in [4.78, 5) is 3.82. The molecule has 0 heterocycles. The first-order valence-electron chi connectivity index (χ1n) is 14.3. The van der Waals surface area contributed by atoms with Crippen LogP contribution in [0.3, 0.4) is 0 Å². The van der Waals surface area contributed by atoms with Crippen molar-refractivity contribution >= 4 is 21.0 Å². The van der Waals surface area contributed by atoms with Gasteiger partial charge in [-0.15, -0.1) is 0 Å². The zero-order chi connectivity index (χ0) is 36.2. The molecule has 3 aromatic carbocycles. The minimum absolute atomic E-state index is 0.211. The molecule has 48 heavy (non-hydrogen) atoms. The van der Waals surface area contributed by atoms with E-state index >= 15 is 0 Å². The van der Waals surface area contributed by atoms with Gasteiger partial charge in [0.25, 0.3) is 0 Å². The van der Waals surface area contributed by atoms with E-state index in [-0.39, 0.29) is 17.0 Å². The van der Waals surface area contributed by atoms with Crippen LogP contribution in [0, 0.1) is 0 Å². The van der Waals surface area contributed by atoms with Crippen LogP contribution in [-0.2, 0) is 25.7 Å². The predicted molar refractivity (Wildman–Crippen MR) is 161 cm³/mol. The quantitative estimate of drug-likeness (QED) is 0.0482. The van der Waals surface area contributed by atoms with E-state index in [1.165, 1.54) is 27.5 Å². The third-order valence-electron chi connectivity index (χ3n) is 6.55. The van der Waals surface area contributed by atoms with Gasteiger partial charge in [0.15, 0.2) is 25.7 Å². The predicted octanol–water partition coefficient (Wildman–Crippen LogP) is 9.62. The van der Waals surface area contributed by atoms with Crippen LogP contribution in [0.4, 0.5) is 39.5 Å². The van der Waals surface area contributed by atoms with Crippen molar-refractivity contribution in [3.05, 3.63) is 97.8 Å². The Morgan fingerprint density at radius 2 is 1.25 bits per heavy atom. The van der Waals surface area contributed by atoms with Crippen molar-refractivity contribution in [3.8, 4) is 5.75 Å². The van der Waals surface area contributed by atoms with Gasteiger partial charge in [0.2, 0.25) is 4.90 Å². The van der Waals surface area contributed by atoms with Gasteiger partial charge in [-0.3, -0.25) is 0 Å². The number of rotatable bonds is 16. The Labute approximate surface area is 275 Å². The molecule has 3 aromatic rings. The summed E-state index contributed by atoms with van der Waals surface area (Å²) in [6.07, 6.45) is 0.0241. The van der Waals surface area contributed by atoms with Crippen LogP contribution in [0.25, 0.3) is 0 Å². The highest BCUT2D eigenvalue weighted by atomic mass is 32.2. The normalized spacial score (nSPS) is 13.3. The van der Waals surface area contributed by atoms with E-state index in [1.54, 1.807) is 6.26 Å². The van der Waals surface area contributed by atoms with E-state index < -0.39 is 33.4 Å². The molecule has 0 amide bonds. The van der Waals surface area contributed by atoms with Crippen molar-refractivity contribution in [2.24, 2.45) is 0 Å². The van der Waals surface area contributed by atoms with Gasteiger partial charge in [0.05, 0.1) is 19.0 Å². The first-order chi connectivity index (χ1) is 22.3. The lowest BCUT2D eigenvalue weighted by Crippen LogP contribution is -2.63. The average molecular weight is 733 g/mol. The topological polar surface area (TPSA) is 75.7 Å². The molecule has 5 nitrogen and oxygen atoms in total. The lowest BCUT2D eigenvalue weighted by molar-refractivity contribution is -0.382. The fraction of sp³-hybridized carbons (Fsp3) is 0.375. The summed E-state index contributed by atoms with van der Waals surface area (Å²) in [5.41, 5.74) is 0. The lowest BCUT2D eigenvalue weighted by Gasteiger charge is -2.34. The smallest absolute Gasteiger partial charge is 0.460 e. The van der Waals surface area contributed by atoms with Gasteiger partial charge in [-0.25, -0.2) is 8.42 Å². The number of hydrogen-bond donors (Lipinski definition) is 0. The van der Waals surface area contributed by atoms with E-state index in [1.807, 2.05) is 0 Å². The van der Waals surface area contributed by atoms with Crippen LogP contribution in [0.2, 0.25) is 0 Å². The Morgan fingerprint density at radius 3 is 1.71 bits per heavy atom. The highest BCUT2D eigenvalue weighted by molar-refractivity contribution is 7.97. The van der Waals surface area contributed by atoms with Crippen LogP contribution < -0.4 is 4.74 Å². The first kappa shape index (κ1) is 40.8. The monoisotopic (exact) mass is 732 g/mol. The molecule has 3 rings (SSSR count). The number of benzene rings is 3. The van der Waals surface area contributed by atoms with Crippen molar-refractivity contribution in [2.75, 3.05) is 6.61 Å². The number of alkyl halides is 9. The molecule has 0 fully saturated rings. The van der Waals surface area contributed by atoms with Crippen molar-refractivity contribution in [2.45, 2.75) is 83.1 Å². The summed E-state index contributed by atoms with van der Waals surface area (Å²) in [5, 5.41) is -7.11. The molecule has 0 N–H and O–H groups in total. The van der Waals surface area contributed by atoms with E-state index in [9.17, 15) is 52.5 Å². The lowest BCUT2D eigenvalue weighted by atomic mass is 10.1. The van der Waals surface area contributed by atoms with Gasteiger partial charge in [-0.1, -0.05) is 74.9 Å². The second-order valence-electron chi connectivity index (χ2n) is 10.1. The van der Waals surface area contributed by atoms with Crippen LogP contribution in [0.1, 0.15) is 39.0 Å². The minimum Gasteiger partial charge on any atom is -0.743 e. The van der Waals surface area contributed by atoms with Gasteiger partial charge in [0, 0.05) is 0 Å². The fourth-order valence-corrected chi connectivity index (χ4v) is 6.72. The number of hydrogen-bond acceptors (Lipinski definition) is 5. The summed E-state index contributed by atoms with van der Waals surface area (Å²) < 4.78 is 147. The number of unbranched alkanes of at least 4 members (excludes halogenated alkanes) is 1. The minimum atomic E-state index is -7.43. The van der Waals surface area contributed by atoms with Crippen molar-refractivity contribution in [1.82, 2.24) is 0 Å². The molecule has 1 atom stereocenters. The van der Waals surface area contributed by atoms with Crippen LogP contribution in [0.5, 0.6) is 5.75 Å². The summed E-state index contributed by atoms with van der Waals surface area (Å²) in [6, 6.07) is 29.8. The molecular weight excluding hydrogens is 699 g/mol. The Kier molecular flexibility index (Phi) is 14.7. The Hall–Kier alpha value is -3.37. The van der Waals surface area contributed by atoms with Gasteiger partial charge < -0.3 is 14.0 Å². The largest absolute Gasteiger partial charge is 0.743 e. The standard InChI is InChI=1S/C28H33O2S.C4HF9O3S/c1-3-5-15-24(29-4-2)16-14-23-30-27-21-12-13-22-28(27)31(25-17-8-6-9-18-25)26-19-10-7-11-20-26;5-1(6,3(9,10)11)2(7,8)4(12,13)17(14,15)16/h4,6-13,17-22,24H,2-3,5,14-16,23H2,1H3;(H,14,15,16)/q+1;/p-1. The molecule has 0 aliphatic rings. The van der Waals surface area contributed by atoms with Gasteiger partial charge >= 0.3 is 23.3 Å². The number of halogens is 9. The van der Waals surface area contributed by atoms with E-state index in [4.69, 9.17) is 9.47 Å². The van der Waals surface area contributed by atoms with Crippen LogP contribution in [0.15, 0.2) is 112 Å². The van der Waals surface area contributed by atoms with Crippen molar-refractivity contribution < 1.29 is 62.0 Å². The second-order valence-corrected chi connectivity index (χ2v) is 13.5. The maximum atomic E-state index is 12.2. The highest BCUT2D eigenvalue weighted by Crippen LogP contribution is 2.54. The SMILES string of the molecule is C=COC(CCCC)CCCOc1ccccc1[S+](c1ccccc1)c1ccccc1.O=S(=O)([O-])C(F)(F)C(F)(F)C(F)(F)C(F)(F)F. The maximum Gasteiger partial charge on any atom is 0.460 e. The summed E-state index contributed by atoms with van der Waals surface area (Å²) in [5.74, 6) is -13.9. The first-order valence-corrected chi connectivity index (χ1v) is 16.9. The molecule has 0 saturated carbocycles. The van der Waals surface area contributed by atoms with Crippen LogP contribution in [-0.4, -0.2) is 49.0 Å². The molecular formula is C32H33F9O5S2. The zero-order valence-electron chi connectivity index (χ0n) is 25.4. The van der Waals surface area contributed by atoms with E-state index in [0.717, 1.165) is 25.0 Å². The van der Waals surface area contributed by atoms with Crippen molar-refractivity contribution in [3.63, 3.8) is 0 Å². The molecule has 0 aliphatic carbocycles. The number of ether oxygens (including phenoxy) is 2. The van der Waals surface area contributed by atoms with E-state index in [0.29, 0.717) is 6.61 Å². The Bertz CT molecular complexity index is 1480. The van der Waals surface area contributed by atoms with Crippen LogP contribution >= 0.6 is 0 Å². The van der Waals surface area contributed by atoms with E-state index in [2.05, 4.69) is 98.4 Å². The molecule has 1 unspecified atom stereocenters. The van der Waals surface area contributed by atoms with Crippen molar-refractivity contribution in [1.29, 1.82) is 0 Å². The second kappa shape index (κ2) is 17.3. The fourth-order valence-electron chi connectivity index (χ4n) is 4.10. The molecule has 0 aliphatic heterocycles. The summed E-state index contributed by atoms with van der Waals surface area (Å²) in [6.45, 7) is 6.61. The third kappa shape index (κ3) is 10.1. The molecule has 0 aromatic heterocycles. The summed E-state index contributed by atoms with van der Waals surface area (Å²) >= 11 is 0. The molecule has 0 spiro atoms. The van der Waals surface area contributed by atoms with Gasteiger partial charge in [-0.05, 0) is 55.7 Å². The van der Waals surface area contributed by atoms with Gasteiger partial charge in [-0.2, -0.15) is 39.5 Å². The zero-order valence-corrected chi connectivity index (χ0v) is 27.1.